The number of carbonyl (C=O) groups excluding carboxylic acids is 1. The fourth-order valence-electron chi connectivity index (χ4n) is 3.43. The van der Waals surface area contributed by atoms with E-state index in [9.17, 15) is 4.79 Å². The Hall–Kier alpha value is -2.69. The Morgan fingerprint density at radius 2 is 2.12 bits per heavy atom. The van der Waals surface area contributed by atoms with Crippen molar-refractivity contribution in [3.05, 3.63) is 59.1 Å². The van der Waals surface area contributed by atoms with Gasteiger partial charge < -0.3 is 5.32 Å². The van der Waals surface area contributed by atoms with E-state index < -0.39 is 0 Å². The number of allylic oxidation sites excluding steroid dienone is 1. The summed E-state index contributed by atoms with van der Waals surface area (Å²) in [6.45, 7) is 7.71. The molecule has 0 saturated heterocycles. The molecular formula is C21H26N4O. The second kappa shape index (κ2) is 7.68. The maximum Gasteiger partial charge on any atom is 0.270 e. The number of benzene rings is 1. The van der Waals surface area contributed by atoms with Crippen LogP contribution in [0.4, 0.5) is 0 Å². The number of aryl methyl sites for hydroxylation is 1. The molecule has 136 valence electrons. The third-order valence-corrected chi connectivity index (χ3v) is 4.68. The lowest BCUT2D eigenvalue weighted by atomic mass is 9.92. The van der Waals surface area contributed by atoms with Crippen LogP contribution in [0.5, 0.6) is 0 Å². The van der Waals surface area contributed by atoms with E-state index in [1.165, 1.54) is 11.3 Å². The highest BCUT2D eigenvalue weighted by Crippen LogP contribution is 2.31. The summed E-state index contributed by atoms with van der Waals surface area (Å²) in [5, 5.41) is 7.77. The van der Waals surface area contributed by atoms with Crippen LogP contribution in [0.3, 0.4) is 0 Å². The molecule has 1 amide bonds. The Kier molecular flexibility index (Phi) is 5.35. The largest absolute Gasteiger partial charge is 0.344 e. The van der Waals surface area contributed by atoms with Gasteiger partial charge in [0.2, 0.25) is 0 Å². The highest BCUT2D eigenvalue weighted by molar-refractivity contribution is 5.96. The van der Waals surface area contributed by atoms with Crippen LogP contribution in [0.2, 0.25) is 0 Å². The lowest BCUT2D eigenvalue weighted by molar-refractivity contribution is -0.118. The Balaban J connectivity index is 1.88. The van der Waals surface area contributed by atoms with Crippen LogP contribution in [0.25, 0.3) is 5.69 Å². The van der Waals surface area contributed by atoms with Crippen LogP contribution >= 0.6 is 0 Å². The normalized spacial score (nSPS) is 16.8. The first-order valence-corrected chi connectivity index (χ1v) is 9.13. The second-order valence-corrected chi connectivity index (χ2v) is 6.90. The minimum atomic E-state index is -0.129. The Bertz CT molecular complexity index is 872. The summed E-state index contributed by atoms with van der Waals surface area (Å²) in [6, 6.07) is 8.22. The highest BCUT2D eigenvalue weighted by Gasteiger charge is 2.27. The summed E-state index contributed by atoms with van der Waals surface area (Å²) in [7, 11) is 0. The number of amides is 1. The standard InChI is InChI=1S/C21H26N4O/c1-5-17(23-14(2)3)21(26)24-18-10-8-12-20-16(18)13-22-25(20)19-11-7-6-9-15(19)4/h5-7,9,11,13,18H,8,10,12H2,1-4H3,(H,24,26)/b17-5-/t18-/m1/s1. The number of carbonyl (C=O) groups is 1. The molecule has 1 N–H and O–H groups in total. The van der Waals surface area contributed by atoms with Gasteiger partial charge in [-0.3, -0.25) is 9.79 Å². The molecule has 0 saturated carbocycles. The zero-order valence-corrected chi connectivity index (χ0v) is 15.9. The lowest BCUT2D eigenvalue weighted by Crippen LogP contribution is -2.31. The van der Waals surface area contributed by atoms with Crippen molar-refractivity contribution in [3.63, 3.8) is 0 Å². The average molecular weight is 350 g/mol. The third-order valence-electron chi connectivity index (χ3n) is 4.68. The Morgan fingerprint density at radius 1 is 1.35 bits per heavy atom. The van der Waals surface area contributed by atoms with Gasteiger partial charge >= 0.3 is 0 Å². The molecular weight excluding hydrogens is 324 g/mol. The molecule has 1 aliphatic rings. The molecule has 0 unspecified atom stereocenters. The summed E-state index contributed by atoms with van der Waals surface area (Å²) >= 11 is 0. The van der Waals surface area contributed by atoms with Gasteiger partial charge in [0, 0.05) is 17.0 Å². The first-order valence-electron chi connectivity index (χ1n) is 9.13. The van der Waals surface area contributed by atoms with Gasteiger partial charge in [-0.25, -0.2) is 4.68 Å². The van der Waals surface area contributed by atoms with E-state index in [-0.39, 0.29) is 11.9 Å². The molecule has 5 heteroatoms. The van der Waals surface area contributed by atoms with Crippen molar-refractivity contribution in [3.8, 4) is 5.69 Å². The number of rotatable bonds is 4. The van der Waals surface area contributed by atoms with Crippen molar-refractivity contribution in [2.24, 2.45) is 4.99 Å². The molecule has 1 aromatic heterocycles. The molecule has 0 spiro atoms. The fraction of sp³-hybridized carbons (Fsp3) is 0.381. The van der Waals surface area contributed by atoms with Crippen molar-refractivity contribution < 1.29 is 4.79 Å². The quantitative estimate of drug-likeness (QED) is 0.668. The van der Waals surface area contributed by atoms with Gasteiger partial charge in [0.1, 0.15) is 5.70 Å². The van der Waals surface area contributed by atoms with Crippen LogP contribution in [0.1, 0.15) is 56.5 Å². The van der Waals surface area contributed by atoms with Crippen molar-refractivity contribution in [1.82, 2.24) is 15.1 Å². The highest BCUT2D eigenvalue weighted by atomic mass is 16.2. The second-order valence-electron chi connectivity index (χ2n) is 6.90. The molecule has 26 heavy (non-hydrogen) atoms. The maximum atomic E-state index is 12.6. The van der Waals surface area contributed by atoms with E-state index in [4.69, 9.17) is 0 Å². The van der Waals surface area contributed by atoms with Gasteiger partial charge in [0.15, 0.2) is 0 Å². The molecule has 1 atom stereocenters. The van der Waals surface area contributed by atoms with E-state index in [1.807, 2.05) is 43.8 Å². The number of aromatic nitrogens is 2. The van der Waals surface area contributed by atoms with Gasteiger partial charge in [0.05, 0.1) is 17.9 Å². The molecule has 0 bridgehead atoms. The van der Waals surface area contributed by atoms with Crippen LogP contribution in [0, 0.1) is 6.92 Å². The first kappa shape index (κ1) is 18.1. The summed E-state index contributed by atoms with van der Waals surface area (Å²) < 4.78 is 2.02. The molecule has 1 heterocycles. The number of fused-ring (bicyclic) bond motifs is 1. The molecule has 0 aliphatic heterocycles. The molecule has 2 aromatic rings. The van der Waals surface area contributed by atoms with Crippen molar-refractivity contribution in [2.45, 2.75) is 53.0 Å². The topological polar surface area (TPSA) is 59.3 Å². The summed E-state index contributed by atoms with van der Waals surface area (Å²) in [4.78, 5) is 16.9. The third kappa shape index (κ3) is 3.62. The summed E-state index contributed by atoms with van der Waals surface area (Å²) in [5.41, 5.74) is 5.91. The van der Waals surface area contributed by atoms with Gasteiger partial charge in [-0.15, -0.1) is 0 Å². The van der Waals surface area contributed by atoms with Crippen molar-refractivity contribution in [1.29, 1.82) is 0 Å². The van der Waals surface area contributed by atoms with Crippen LogP contribution in [0.15, 0.2) is 47.2 Å². The SMILES string of the molecule is C/C=C(\N=C(C)C)C(=O)N[C@@H]1CCCc2c1cnn2-c1ccccc1C. The molecule has 0 fully saturated rings. The van der Waals surface area contributed by atoms with Crippen LogP contribution in [-0.2, 0) is 11.2 Å². The fourth-order valence-corrected chi connectivity index (χ4v) is 3.43. The lowest BCUT2D eigenvalue weighted by Gasteiger charge is -2.24. The zero-order chi connectivity index (χ0) is 18.7. The van der Waals surface area contributed by atoms with Gasteiger partial charge in [-0.05, 0) is 58.6 Å². The number of hydrogen-bond acceptors (Lipinski definition) is 3. The van der Waals surface area contributed by atoms with Gasteiger partial charge in [0.25, 0.3) is 5.91 Å². The number of nitrogens with one attached hydrogen (secondary N) is 1. The Labute approximate surface area is 154 Å². The van der Waals surface area contributed by atoms with E-state index in [2.05, 4.69) is 34.5 Å². The van der Waals surface area contributed by atoms with Gasteiger partial charge in [-0.2, -0.15) is 5.10 Å². The smallest absolute Gasteiger partial charge is 0.270 e. The van der Waals surface area contributed by atoms with E-state index in [1.54, 1.807) is 6.08 Å². The minimum Gasteiger partial charge on any atom is -0.344 e. The summed E-state index contributed by atoms with van der Waals surface area (Å²) in [6.07, 6.45) is 6.57. The predicted molar refractivity (Wildman–Crippen MR) is 105 cm³/mol. The average Bonchev–Trinajstić information content (AvgIpc) is 3.05. The van der Waals surface area contributed by atoms with Crippen LogP contribution < -0.4 is 5.32 Å². The minimum absolute atomic E-state index is 0.0219. The first-order chi connectivity index (χ1) is 12.5. The molecule has 1 aliphatic carbocycles. The van der Waals surface area contributed by atoms with Crippen molar-refractivity contribution in [2.75, 3.05) is 0 Å². The van der Waals surface area contributed by atoms with Crippen molar-refractivity contribution >= 4 is 11.6 Å². The van der Waals surface area contributed by atoms with E-state index in [0.29, 0.717) is 5.70 Å². The van der Waals surface area contributed by atoms with E-state index >= 15 is 0 Å². The van der Waals surface area contributed by atoms with Crippen LogP contribution in [-0.4, -0.2) is 21.4 Å². The Morgan fingerprint density at radius 3 is 2.81 bits per heavy atom. The van der Waals surface area contributed by atoms with E-state index in [0.717, 1.165) is 36.2 Å². The zero-order valence-electron chi connectivity index (χ0n) is 15.9. The van der Waals surface area contributed by atoms with Gasteiger partial charge in [-0.1, -0.05) is 24.3 Å². The summed E-state index contributed by atoms with van der Waals surface area (Å²) in [5.74, 6) is -0.129. The predicted octanol–water partition coefficient (Wildman–Crippen LogP) is 4.06. The number of para-hydroxylation sites is 1. The monoisotopic (exact) mass is 350 g/mol. The maximum absolute atomic E-state index is 12.6. The number of aliphatic imine (C=N–C) groups is 1. The molecule has 0 radical (unpaired) electrons. The number of hydrogen-bond donors (Lipinski definition) is 1. The molecule has 3 rings (SSSR count). The number of nitrogens with zero attached hydrogens (tertiary/aromatic N) is 3. The molecule has 1 aromatic carbocycles. The molecule has 5 nitrogen and oxygen atoms in total.